The van der Waals surface area contributed by atoms with Crippen molar-refractivity contribution in [1.82, 2.24) is 24.8 Å². The molecule has 2 heterocycles. The van der Waals surface area contributed by atoms with E-state index in [2.05, 4.69) is 20.3 Å². The van der Waals surface area contributed by atoms with E-state index >= 15 is 0 Å². The zero-order chi connectivity index (χ0) is 15.2. The number of nitrogens with zero attached hydrogens (tertiary/aromatic N) is 4. The van der Waals surface area contributed by atoms with E-state index in [9.17, 15) is 4.79 Å². The Hall–Kier alpha value is -2.70. The van der Waals surface area contributed by atoms with Crippen LogP contribution in [0.25, 0.3) is 17.2 Å². The zero-order valence-corrected chi connectivity index (χ0v) is 12.1. The van der Waals surface area contributed by atoms with Crippen molar-refractivity contribution in [2.24, 2.45) is 0 Å². The molecule has 1 aromatic carbocycles. The predicted octanol–water partition coefficient (Wildman–Crippen LogP) is 1.36. The van der Waals surface area contributed by atoms with Gasteiger partial charge in [-0.3, -0.25) is 9.78 Å². The maximum absolute atomic E-state index is 12.1. The Labute approximate surface area is 120 Å². The van der Waals surface area contributed by atoms with Crippen molar-refractivity contribution in [3.8, 4) is 11.4 Å². The fourth-order valence-electron chi connectivity index (χ4n) is 2.11. The lowest BCUT2D eigenvalue weighted by Gasteiger charge is -2.15. The van der Waals surface area contributed by atoms with Crippen LogP contribution in [-0.4, -0.2) is 24.8 Å². The SMILES string of the molecule is CC(C)(C)c1nn2c(-c3cccc(N)c3)nnc2[nH]c1=O. The number of aromatic amines is 1. The van der Waals surface area contributed by atoms with Crippen LogP contribution >= 0.6 is 0 Å². The predicted molar refractivity (Wildman–Crippen MR) is 80.0 cm³/mol. The third-order valence-electron chi connectivity index (χ3n) is 3.14. The van der Waals surface area contributed by atoms with Crippen LogP contribution < -0.4 is 11.3 Å². The topological polar surface area (TPSA) is 102 Å². The summed E-state index contributed by atoms with van der Waals surface area (Å²) in [5.74, 6) is 0.851. The zero-order valence-electron chi connectivity index (χ0n) is 12.1. The molecule has 2 aromatic heterocycles. The van der Waals surface area contributed by atoms with Gasteiger partial charge in [-0.2, -0.15) is 9.61 Å². The molecule has 0 radical (unpaired) electrons. The van der Waals surface area contributed by atoms with Gasteiger partial charge in [0.1, 0.15) is 5.69 Å². The highest BCUT2D eigenvalue weighted by Crippen LogP contribution is 2.20. The summed E-state index contributed by atoms with van der Waals surface area (Å²) in [6.45, 7) is 5.79. The molecule has 0 spiro atoms. The molecule has 7 nitrogen and oxygen atoms in total. The summed E-state index contributed by atoms with van der Waals surface area (Å²) in [5.41, 5.74) is 7.03. The van der Waals surface area contributed by atoms with Crippen LogP contribution in [0.2, 0.25) is 0 Å². The number of nitrogens with one attached hydrogen (secondary N) is 1. The number of hydrogen-bond donors (Lipinski definition) is 2. The second-order valence-corrected chi connectivity index (χ2v) is 5.94. The standard InChI is InChI=1S/C14H16N6O/c1-14(2,3)10-12(21)16-13-18-17-11(20(13)19-10)8-5-4-6-9(15)7-8/h4-7H,15H2,1-3H3,(H,16,18,21). The van der Waals surface area contributed by atoms with E-state index < -0.39 is 0 Å². The fraction of sp³-hybridized carbons (Fsp3) is 0.286. The molecular formula is C14H16N6O. The minimum atomic E-state index is -0.376. The minimum Gasteiger partial charge on any atom is -0.399 e. The van der Waals surface area contributed by atoms with Crippen molar-refractivity contribution in [3.05, 3.63) is 40.3 Å². The number of aromatic nitrogens is 5. The van der Waals surface area contributed by atoms with Crippen LogP contribution in [0.1, 0.15) is 26.5 Å². The van der Waals surface area contributed by atoms with Crippen molar-refractivity contribution < 1.29 is 0 Å². The van der Waals surface area contributed by atoms with Crippen LogP contribution in [0.4, 0.5) is 5.69 Å². The molecule has 0 atom stereocenters. The fourth-order valence-corrected chi connectivity index (χ4v) is 2.11. The quantitative estimate of drug-likeness (QED) is 0.657. The summed E-state index contributed by atoms with van der Waals surface area (Å²) < 4.78 is 1.54. The molecular weight excluding hydrogens is 268 g/mol. The molecule has 0 aliphatic carbocycles. The Morgan fingerprint density at radius 1 is 1.24 bits per heavy atom. The average Bonchev–Trinajstić information content (AvgIpc) is 2.79. The third-order valence-corrected chi connectivity index (χ3v) is 3.14. The number of nitrogens with two attached hydrogens (primary N) is 1. The van der Waals surface area contributed by atoms with Crippen molar-refractivity contribution >= 4 is 11.5 Å². The van der Waals surface area contributed by atoms with Crippen LogP contribution in [0.5, 0.6) is 0 Å². The normalized spacial score (nSPS) is 12.0. The number of fused-ring (bicyclic) bond motifs is 1. The van der Waals surface area contributed by atoms with E-state index in [-0.39, 0.29) is 11.0 Å². The van der Waals surface area contributed by atoms with Gasteiger partial charge >= 0.3 is 0 Å². The van der Waals surface area contributed by atoms with E-state index in [4.69, 9.17) is 5.73 Å². The number of hydrogen-bond acceptors (Lipinski definition) is 5. The Morgan fingerprint density at radius 3 is 2.67 bits per heavy atom. The van der Waals surface area contributed by atoms with Gasteiger partial charge in [0.15, 0.2) is 5.82 Å². The second kappa shape index (κ2) is 4.41. The lowest BCUT2D eigenvalue weighted by atomic mass is 9.93. The molecule has 3 aromatic rings. The number of benzene rings is 1. The molecule has 0 aliphatic rings. The van der Waals surface area contributed by atoms with E-state index in [1.165, 1.54) is 4.52 Å². The van der Waals surface area contributed by atoms with E-state index in [1.807, 2.05) is 32.9 Å². The van der Waals surface area contributed by atoms with Gasteiger partial charge in [-0.1, -0.05) is 32.9 Å². The monoisotopic (exact) mass is 284 g/mol. The van der Waals surface area contributed by atoms with Gasteiger partial charge in [0.25, 0.3) is 11.3 Å². The Morgan fingerprint density at radius 2 is 2.00 bits per heavy atom. The van der Waals surface area contributed by atoms with Crippen LogP contribution in [-0.2, 0) is 5.41 Å². The van der Waals surface area contributed by atoms with E-state index in [1.54, 1.807) is 12.1 Å². The van der Waals surface area contributed by atoms with Gasteiger partial charge < -0.3 is 5.73 Å². The summed E-state index contributed by atoms with van der Waals surface area (Å²) in [6.07, 6.45) is 0. The molecule has 0 fully saturated rings. The molecule has 0 bridgehead atoms. The highest BCUT2D eigenvalue weighted by Gasteiger charge is 2.22. The van der Waals surface area contributed by atoms with Gasteiger partial charge in [-0.05, 0) is 12.1 Å². The van der Waals surface area contributed by atoms with E-state index in [0.29, 0.717) is 23.0 Å². The van der Waals surface area contributed by atoms with Crippen LogP contribution in [0, 0.1) is 0 Å². The second-order valence-electron chi connectivity index (χ2n) is 5.94. The number of nitrogen functional groups attached to an aromatic ring is 1. The van der Waals surface area contributed by atoms with Crippen LogP contribution in [0.3, 0.4) is 0 Å². The first-order valence-corrected chi connectivity index (χ1v) is 6.58. The summed E-state index contributed by atoms with van der Waals surface area (Å²) >= 11 is 0. The molecule has 0 saturated carbocycles. The molecule has 21 heavy (non-hydrogen) atoms. The maximum Gasteiger partial charge on any atom is 0.274 e. The number of anilines is 1. The van der Waals surface area contributed by atoms with Gasteiger partial charge in [-0.15, -0.1) is 10.2 Å². The highest BCUT2D eigenvalue weighted by molar-refractivity contribution is 5.62. The van der Waals surface area contributed by atoms with Gasteiger partial charge in [-0.25, -0.2) is 0 Å². The first-order valence-electron chi connectivity index (χ1n) is 6.58. The first kappa shape index (κ1) is 13.3. The van der Waals surface area contributed by atoms with E-state index in [0.717, 1.165) is 5.56 Å². The summed E-state index contributed by atoms with van der Waals surface area (Å²) in [4.78, 5) is 14.8. The highest BCUT2D eigenvalue weighted by atomic mass is 16.1. The van der Waals surface area contributed by atoms with Crippen molar-refractivity contribution in [1.29, 1.82) is 0 Å². The average molecular weight is 284 g/mol. The minimum absolute atomic E-state index is 0.249. The molecule has 3 N–H and O–H groups in total. The molecule has 108 valence electrons. The largest absolute Gasteiger partial charge is 0.399 e. The maximum atomic E-state index is 12.1. The third kappa shape index (κ3) is 2.26. The lowest BCUT2D eigenvalue weighted by Crippen LogP contribution is -2.28. The van der Waals surface area contributed by atoms with Crippen molar-refractivity contribution in [3.63, 3.8) is 0 Å². The Bertz CT molecular complexity index is 871. The molecule has 7 heteroatoms. The molecule has 0 saturated heterocycles. The molecule has 3 rings (SSSR count). The van der Waals surface area contributed by atoms with Gasteiger partial charge in [0, 0.05) is 16.7 Å². The number of H-pyrrole nitrogens is 1. The Kier molecular flexibility index (Phi) is 2.79. The van der Waals surface area contributed by atoms with Crippen molar-refractivity contribution in [2.45, 2.75) is 26.2 Å². The van der Waals surface area contributed by atoms with Crippen molar-refractivity contribution in [2.75, 3.05) is 5.73 Å². The summed E-state index contributed by atoms with van der Waals surface area (Å²) in [7, 11) is 0. The summed E-state index contributed by atoms with van der Waals surface area (Å²) in [6, 6.07) is 7.29. The van der Waals surface area contributed by atoms with Gasteiger partial charge in [0.2, 0.25) is 0 Å². The van der Waals surface area contributed by atoms with Crippen LogP contribution in [0.15, 0.2) is 29.1 Å². The Balaban J connectivity index is 2.29. The molecule has 0 aliphatic heterocycles. The van der Waals surface area contributed by atoms with Gasteiger partial charge in [0.05, 0.1) is 0 Å². The smallest absolute Gasteiger partial charge is 0.274 e. The molecule has 0 amide bonds. The lowest BCUT2D eigenvalue weighted by molar-refractivity contribution is 0.542. The molecule has 0 unspecified atom stereocenters. The first-order chi connectivity index (χ1) is 9.86. The summed E-state index contributed by atoms with van der Waals surface area (Å²) in [5, 5.41) is 12.5. The number of rotatable bonds is 1.